The van der Waals surface area contributed by atoms with Gasteiger partial charge >= 0.3 is 0 Å². The summed E-state index contributed by atoms with van der Waals surface area (Å²) in [5.74, 6) is 0. The van der Waals surface area contributed by atoms with Gasteiger partial charge in [-0.15, -0.1) is 25.3 Å². The average Bonchev–Trinajstić information content (AvgIpc) is 2.47. The van der Waals surface area contributed by atoms with E-state index in [9.17, 15) is 0 Å². The van der Waals surface area contributed by atoms with E-state index >= 15 is 0 Å². The lowest BCUT2D eigenvalue weighted by Gasteiger charge is -2.11. The van der Waals surface area contributed by atoms with Gasteiger partial charge in [-0.2, -0.15) is 0 Å². The van der Waals surface area contributed by atoms with E-state index in [2.05, 4.69) is 73.8 Å². The first-order valence-corrected chi connectivity index (χ1v) is 7.31. The first-order valence-electron chi connectivity index (χ1n) is 6.42. The van der Waals surface area contributed by atoms with Gasteiger partial charge in [0, 0.05) is 9.79 Å². The largest absolute Gasteiger partial charge is 0.143 e. The van der Waals surface area contributed by atoms with Gasteiger partial charge in [-0.25, -0.2) is 0 Å². The summed E-state index contributed by atoms with van der Waals surface area (Å²) in [7, 11) is 0. The van der Waals surface area contributed by atoms with Crippen molar-refractivity contribution in [2.75, 3.05) is 0 Å². The zero-order chi connectivity index (χ0) is 13.9. The maximum absolute atomic E-state index is 4.43. The molecule has 0 aromatic heterocycles. The van der Waals surface area contributed by atoms with Crippen molar-refractivity contribution >= 4 is 25.3 Å². The van der Waals surface area contributed by atoms with Crippen molar-refractivity contribution in [1.82, 2.24) is 0 Å². The molecule has 2 heteroatoms. The summed E-state index contributed by atoms with van der Waals surface area (Å²) in [4.78, 5) is 1.94. The van der Waals surface area contributed by atoms with E-state index < -0.39 is 0 Å². The molecule has 0 spiro atoms. The van der Waals surface area contributed by atoms with Gasteiger partial charge < -0.3 is 0 Å². The van der Waals surface area contributed by atoms with Crippen LogP contribution < -0.4 is 0 Å². The highest BCUT2D eigenvalue weighted by atomic mass is 32.1. The molecule has 0 amide bonds. The SMILES string of the molecule is Sc1cccc(-c2ccccc2-c2cccc(S)c2)c1. The van der Waals surface area contributed by atoms with Crippen LogP contribution in [-0.2, 0) is 0 Å². The number of hydrogen-bond donors (Lipinski definition) is 2. The Balaban J connectivity index is 2.18. The monoisotopic (exact) mass is 294 g/mol. The van der Waals surface area contributed by atoms with Gasteiger partial charge in [0.05, 0.1) is 0 Å². The van der Waals surface area contributed by atoms with E-state index in [0.717, 1.165) is 9.79 Å². The van der Waals surface area contributed by atoms with Crippen LogP contribution in [0.3, 0.4) is 0 Å². The molecule has 0 fully saturated rings. The summed E-state index contributed by atoms with van der Waals surface area (Å²) in [6, 6.07) is 24.9. The van der Waals surface area contributed by atoms with Crippen molar-refractivity contribution in [3.05, 3.63) is 72.8 Å². The summed E-state index contributed by atoms with van der Waals surface area (Å²) in [5, 5.41) is 0. The number of thiol groups is 2. The van der Waals surface area contributed by atoms with E-state index in [0.29, 0.717) is 0 Å². The van der Waals surface area contributed by atoms with Crippen LogP contribution in [0.5, 0.6) is 0 Å². The molecule has 0 nitrogen and oxygen atoms in total. The minimum Gasteiger partial charge on any atom is -0.143 e. The fourth-order valence-corrected chi connectivity index (χ4v) is 2.78. The minimum absolute atomic E-state index is 0.972. The second-order valence-corrected chi connectivity index (χ2v) is 5.68. The normalized spacial score (nSPS) is 10.5. The van der Waals surface area contributed by atoms with Crippen LogP contribution >= 0.6 is 25.3 Å². The first kappa shape index (κ1) is 13.3. The molecular weight excluding hydrogens is 280 g/mol. The maximum Gasteiger partial charge on any atom is 0.00461 e. The third kappa shape index (κ3) is 2.77. The molecule has 0 unspecified atom stereocenters. The van der Waals surface area contributed by atoms with Crippen molar-refractivity contribution in [3.63, 3.8) is 0 Å². The summed E-state index contributed by atoms with van der Waals surface area (Å²) in [5.41, 5.74) is 4.78. The maximum atomic E-state index is 4.43. The van der Waals surface area contributed by atoms with Crippen molar-refractivity contribution in [3.8, 4) is 22.3 Å². The van der Waals surface area contributed by atoms with E-state index in [1.165, 1.54) is 22.3 Å². The van der Waals surface area contributed by atoms with Crippen molar-refractivity contribution < 1.29 is 0 Å². The van der Waals surface area contributed by atoms with Crippen molar-refractivity contribution in [2.24, 2.45) is 0 Å². The van der Waals surface area contributed by atoms with Gasteiger partial charge in [-0.05, 0) is 46.5 Å². The Hall–Kier alpha value is -1.64. The molecule has 3 rings (SSSR count). The smallest absolute Gasteiger partial charge is 0.00461 e. The number of benzene rings is 3. The molecule has 0 atom stereocenters. The summed E-state index contributed by atoms with van der Waals surface area (Å²) in [6.07, 6.45) is 0. The summed E-state index contributed by atoms with van der Waals surface area (Å²) >= 11 is 8.86. The first-order chi connectivity index (χ1) is 9.74. The molecule has 0 aliphatic carbocycles. The van der Waals surface area contributed by atoms with Crippen molar-refractivity contribution in [1.29, 1.82) is 0 Å². The molecule has 0 bridgehead atoms. The predicted molar refractivity (Wildman–Crippen MR) is 91.8 cm³/mol. The Morgan fingerprint density at radius 3 is 1.35 bits per heavy atom. The molecule has 0 aliphatic rings. The second kappa shape index (κ2) is 5.78. The summed E-state index contributed by atoms with van der Waals surface area (Å²) < 4.78 is 0. The van der Waals surface area contributed by atoms with Crippen LogP contribution in [0.25, 0.3) is 22.3 Å². The lowest BCUT2D eigenvalue weighted by Crippen LogP contribution is -1.85. The van der Waals surface area contributed by atoms with Crippen molar-refractivity contribution in [2.45, 2.75) is 9.79 Å². The topological polar surface area (TPSA) is 0 Å². The predicted octanol–water partition coefficient (Wildman–Crippen LogP) is 5.60. The van der Waals surface area contributed by atoms with Gasteiger partial charge in [0.15, 0.2) is 0 Å². The lowest BCUT2D eigenvalue weighted by molar-refractivity contribution is 1.45. The minimum atomic E-state index is 0.972. The van der Waals surface area contributed by atoms with Crippen LogP contribution in [0.2, 0.25) is 0 Å². The van der Waals surface area contributed by atoms with Gasteiger partial charge in [-0.1, -0.05) is 48.5 Å². The van der Waals surface area contributed by atoms with Crippen LogP contribution in [0.4, 0.5) is 0 Å². The molecule has 0 aliphatic heterocycles. The highest BCUT2D eigenvalue weighted by Crippen LogP contribution is 2.33. The molecule has 0 radical (unpaired) electrons. The number of hydrogen-bond acceptors (Lipinski definition) is 2. The lowest BCUT2D eigenvalue weighted by atomic mass is 9.95. The fourth-order valence-electron chi connectivity index (χ4n) is 2.33. The highest BCUT2D eigenvalue weighted by molar-refractivity contribution is 7.80. The molecule has 0 saturated carbocycles. The third-order valence-corrected chi connectivity index (χ3v) is 3.80. The second-order valence-electron chi connectivity index (χ2n) is 4.65. The van der Waals surface area contributed by atoms with Gasteiger partial charge in [-0.3, -0.25) is 0 Å². The standard InChI is InChI=1S/C18H14S2/c19-15-7-3-5-13(11-15)17-9-1-2-10-18(17)14-6-4-8-16(20)12-14/h1-12,19-20H. The number of rotatable bonds is 2. The van der Waals surface area contributed by atoms with Gasteiger partial charge in [0.25, 0.3) is 0 Å². The highest BCUT2D eigenvalue weighted by Gasteiger charge is 2.07. The van der Waals surface area contributed by atoms with E-state index in [1.807, 2.05) is 24.3 Å². The van der Waals surface area contributed by atoms with Crippen LogP contribution in [-0.4, -0.2) is 0 Å². The van der Waals surface area contributed by atoms with Crippen LogP contribution in [0.15, 0.2) is 82.6 Å². The zero-order valence-corrected chi connectivity index (χ0v) is 12.6. The molecule has 3 aromatic rings. The Morgan fingerprint density at radius 1 is 0.500 bits per heavy atom. The quantitative estimate of drug-likeness (QED) is 0.565. The fraction of sp³-hybridized carbons (Fsp3) is 0. The van der Waals surface area contributed by atoms with Crippen LogP contribution in [0, 0.1) is 0 Å². The molecule has 0 heterocycles. The molecule has 98 valence electrons. The average molecular weight is 294 g/mol. The van der Waals surface area contributed by atoms with Gasteiger partial charge in [0.1, 0.15) is 0 Å². The molecule has 20 heavy (non-hydrogen) atoms. The Morgan fingerprint density at radius 2 is 0.950 bits per heavy atom. The van der Waals surface area contributed by atoms with E-state index in [4.69, 9.17) is 0 Å². The Bertz CT molecular complexity index is 683. The summed E-state index contributed by atoms with van der Waals surface area (Å²) in [6.45, 7) is 0. The van der Waals surface area contributed by atoms with E-state index in [-0.39, 0.29) is 0 Å². The Labute approximate surface area is 130 Å². The molecule has 0 saturated heterocycles. The zero-order valence-electron chi connectivity index (χ0n) is 10.8. The molecule has 0 N–H and O–H groups in total. The molecular formula is C18H14S2. The Kier molecular flexibility index (Phi) is 3.86. The van der Waals surface area contributed by atoms with Crippen LogP contribution in [0.1, 0.15) is 0 Å². The molecule has 3 aromatic carbocycles. The van der Waals surface area contributed by atoms with Gasteiger partial charge in [0.2, 0.25) is 0 Å². The van der Waals surface area contributed by atoms with E-state index in [1.54, 1.807) is 0 Å². The third-order valence-electron chi connectivity index (χ3n) is 3.24.